The van der Waals surface area contributed by atoms with Crippen molar-refractivity contribution in [1.29, 1.82) is 0 Å². The number of pyridine rings is 2. The first kappa shape index (κ1) is 45.9. The van der Waals surface area contributed by atoms with E-state index in [0.29, 0.717) is 35.9 Å². The van der Waals surface area contributed by atoms with Crippen molar-refractivity contribution >= 4 is 23.2 Å². The topological polar surface area (TPSA) is 265 Å². The van der Waals surface area contributed by atoms with Crippen LogP contribution in [0.1, 0.15) is 57.1 Å². The van der Waals surface area contributed by atoms with Crippen LogP contribution in [0, 0.1) is 123 Å². The molecule has 51 heavy (non-hydrogen) atoms. The molecule has 0 aliphatic carbocycles. The monoisotopic (exact) mass is 845 g/mol. The van der Waals surface area contributed by atoms with E-state index in [1.807, 2.05) is 77.9 Å². The molecule has 0 aliphatic heterocycles. The molecule has 0 atom stereocenters. The predicted octanol–water partition coefficient (Wildman–Crippen LogP) is 5.99. The summed E-state index contributed by atoms with van der Waals surface area (Å²) in [7, 11) is 0. The number of carbonyl (C=O) groups excluding carboxylic acids is 2. The van der Waals surface area contributed by atoms with Crippen LogP contribution in [-0.4, -0.2) is 50.1 Å². The summed E-state index contributed by atoms with van der Waals surface area (Å²) in [6.45, 7) is 13.0. The zero-order valence-corrected chi connectivity index (χ0v) is 30.8. The quantitative estimate of drug-likeness (QED) is 0.153. The second kappa shape index (κ2) is 22.6. The zero-order valence-electron chi connectivity index (χ0n) is 28.3. The summed E-state index contributed by atoms with van der Waals surface area (Å²) in [5.74, 6) is -0.360. The van der Waals surface area contributed by atoms with Crippen LogP contribution in [0.15, 0.2) is 72.8 Å². The van der Waals surface area contributed by atoms with Crippen LogP contribution < -0.4 is 9.80 Å². The summed E-state index contributed by atoms with van der Waals surface area (Å²) in [5.41, 5.74) is 7.83. The van der Waals surface area contributed by atoms with Gasteiger partial charge in [0.1, 0.15) is 11.4 Å². The molecular formula is C32H34EuN7O11. The first-order chi connectivity index (χ1) is 23.4. The average molecular weight is 845 g/mol. The van der Waals surface area contributed by atoms with Gasteiger partial charge in [-0.2, -0.15) is 0 Å². The van der Waals surface area contributed by atoms with Crippen molar-refractivity contribution in [3.63, 3.8) is 0 Å². The van der Waals surface area contributed by atoms with Gasteiger partial charge in [0.25, 0.3) is 11.8 Å². The molecule has 18 nitrogen and oxygen atoms in total. The molecule has 0 N–H and O–H groups in total. The summed E-state index contributed by atoms with van der Waals surface area (Å²) in [6, 6.07) is 22.7. The van der Waals surface area contributed by atoms with Gasteiger partial charge in [-0.15, -0.1) is 0 Å². The number of benzene rings is 2. The summed E-state index contributed by atoms with van der Waals surface area (Å²) < 4.78 is 0. The minimum Gasteiger partial charge on any atom is -0.356 e. The van der Waals surface area contributed by atoms with Crippen molar-refractivity contribution in [2.24, 2.45) is 0 Å². The van der Waals surface area contributed by atoms with Gasteiger partial charge in [-0.3, -0.25) is 9.59 Å². The van der Waals surface area contributed by atoms with Crippen molar-refractivity contribution in [3.8, 4) is 11.4 Å². The second-order valence-corrected chi connectivity index (χ2v) is 10.2. The minimum absolute atomic E-state index is 0. The third-order valence-electron chi connectivity index (χ3n) is 6.61. The fraction of sp³-hybridized carbons (Fsp3) is 0.250. The Morgan fingerprint density at radius 3 is 1.12 bits per heavy atom. The maximum absolute atomic E-state index is 13.5. The normalized spacial score (nSPS) is 9.45. The van der Waals surface area contributed by atoms with Crippen molar-refractivity contribution in [1.82, 2.24) is 9.97 Å². The standard InChI is InChI=1S/C32H34N4O2.Eu.3NO3/c1-7-35(29-17-15-21(3)19-23(29)5)31(37)27-13-9-11-25(33-27)26-12-10-14-28(34-26)32(38)36(8-2)30-18-16-22(4)20-24(30)6;;3*2-1(3)4/h9-20H,7-8H2,1-6H3;;;;/q;+3;3*-1. The first-order valence-electron chi connectivity index (χ1n) is 14.6. The molecular weight excluding hydrogens is 810 g/mol. The number of nitrogens with zero attached hydrogens (tertiary/aromatic N) is 7. The van der Waals surface area contributed by atoms with Gasteiger partial charge in [0.15, 0.2) is 0 Å². The van der Waals surface area contributed by atoms with Gasteiger partial charge >= 0.3 is 49.4 Å². The molecule has 2 heterocycles. The summed E-state index contributed by atoms with van der Waals surface area (Å²) in [6.07, 6.45) is 0. The van der Waals surface area contributed by atoms with Crippen LogP contribution in [0.3, 0.4) is 0 Å². The van der Waals surface area contributed by atoms with Crippen LogP contribution in [0.25, 0.3) is 11.4 Å². The van der Waals surface area contributed by atoms with Gasteiger partial charge in [-0.25, -0.2) is 9.97 Å². The minimum atomic E-state index is -1.75. The van der Waals surface area contributed by atoms with Crippen LogP contribution in [0.2, 0.25) is 0 Å². The van der Waals surface area contributed by atoms with Crippen molar-refractivity contribution in [3.05, 3.63) is 152 Å². The molecule has 0 fully saturated rings. The summed E-state index contributed by atoms with van der Waals surface area (Å²) in [4.78, 5) is 64.5. The smallest absolute Gasteiger partial charge is 0.356 e. The Morgan fingerprint density at radius 2 is 0.863 bits per heavy atom. The maximum atomic E-state index is 13.5. The first-order valence-corrected chi connectivity index (χ1v) is 14.6. The van der Waals surface area contributed by atoms with E-state index in [9.17, 15) is 9.59 Å². The Labute approximate surface area is 333 Å². The third kappa shape index (κ3) is 15.5. The van der Waals surface area contributed by atoms with Gasteiger partial charge in [-0.1, -0.05) is 47.5 Å². The number of amides is 2. The Kier molecular flexibility index (Phi) is 20.3. The molecule has 2 aromatic carbocycles. The van der Waals surface area contributed by atoms with Crippen LogP contribution in [-0.2, 0) is 0 Å². The van der Waals surface area contributed by atoms with Gasteiger partial charge in [0.2, 0.25) is 0 Å². The van der Waals surface area contributed by atoms with Crippen molar-refractivity contribution in [2.45, 2.75) is 41.5 Å². The molecule has 0 unspecified atom stereocenters. The molecule has 19 heteroatoms. The maximum Gasteiger partial charge on any atom is 3.00 e. The molecule has 0 radical (unpaired) electrons. The van der Waals surface area contributed by atoms with E-state index in [1.54, 1.807) is 34.1 Å². The van der Waals surface area contributed by atoms with E-state index >= 15 is 0 Å². The molecule has 0 bridgehead atoms. The van der Waals surface area contributed by atoms with E-state index in [-0.39, 0.29) is 61.2 Å². The SMILES string of the molecule is CCN(C(=O)c1cccc(-c2cccc(C(=O)N(CC)c3ccc(C)cc3C)n2)n1)c1ccc(C)cc1C.O=[N+]([O-])[O-].O=[N+]([O-])[O-].O=[N+]([O-])[O-].[Eu+3]. The number of aryl methyl sites for hydroxylation is 4. The average Bonchev–Trinajstić information content (AvgIpc) is 3.03. The molecule has 2 amide bonds. The molecule has 270 valence electrons. The molecule has 0 aliphatic rings. The molecule has 2 aromatic heterocycles. The number of hydrogen-bond donors (Lipinski definition) is 0. The summed E-state index contributed by atoms with van der Waals surface area (Å²) >= 11 is 0. The molecule has 0 spiro atoms. The Balaban J connectivity index is 0.00000167. The number of hydrogen-bond acceptors (Lipinski definition) is 13. The second-order valence-electron chi connectivity index (χ2n) is 10.2. The van der Waals surface area contributed by atoms with Crippen molar-refractivity contribution in [2.75, 3.05) is 22.9 Å². The van der Waals surface area contributed by atoms with Gasteiger partial charge in [-0.05, 0) is 89.1 Å². The van der Waals surface area contributed by atoms with E-state index in [0.717, 1.165) is 33.6 Å². The van der Waals surface area contributed by atoms with Crippen molar-refractivity contribution < 1.29 is 74.2 Å². The third-order valence-corrected chi connectivity index (χ3v) is 6.61. The number of carbonyl (C=O) groups is 2. The Bertz CT molecular complexity index is 1670. The van der Waals surface area contributed by atoms with Crippen LogP contribution >= 0.6 is 0 Å². The number of anilines is 2. The van der Waals surface area contributed by atoms with E-state index < -0.39 is 15.3 Å². The van der Waals surface area contributed by atoms with Gasteiger partial charge in [0, 0.05) is 24.5 Å². The molecule has 0 saturated carbocycles. The number of rotatable bonds is 7. The van der Waals surface area contributed by atoms with Gasteiger partial charge < -0.3 is 55.8 Å². The molecule has 4 rings (SSSR count). The largest absolute Gasteiger partial charge is 3.00 e. The molecule has 4 aromatic rings. The fourth-order valence-electron chi connectivity index (χ4n) is 4.73. The number of aromatic nitrogens is 2. The van der Waals surface area contributed by atoms with E-state index in [4.69, 9.17) is 46.0 Å². The fourth-order valence-corrected chi connectivity index (χ4v) is 4.73. The van der Waals surface area contributed by atoms with E-state index in [1.165, 1.54) is 0 Å². The summed E-state index contributed by atoms with van der Waals surface area (Å²) in [5, 5.41) is 44.2. The predicted molar refractivity (Wildman–Crippen MR) is 185 cm³/mol. The zero-order chi connectivity index (χ0) is 38.1. The molecule has 0 saturated heterocycles. The van der Waals surface area contributed by atoms with Gasteiger partial charge in [0.05, 0.1) is 26.6 Å². The van der Waals surface area contributed by atoms with Crippen LogP contribution in [0.5, 0.6) is 0 Å². The van der Waals surface area contributed by atoms with E-state index in [2.05, 4.69) is 22.1 Å². The Morgan fingerprint density at radius 1 is 0.569 bits per heavy atom. The Hall–Kier alpha value is -5.14. The van der Waals surface area contributed by atoms with Crippen LogP contribution in [0.4, 0.5) is 11.4 Å².